The van der Waals surface area contributed by atoms with Crippen LogP contribution in [0.4, 0.5) is 10.5 Å². The Hall–Kier alpha value is -4.77. The Morgan fingerprint density at radius 1 is 0.880 bits per heavy atom. The summed E-state index contributed by atoms with van der Waals surface area (Å²) in [6, 6.07) is 31.2. The molecule has 2 unspecified atom stereocenters. The maximum absolute atomic E-state index is 16.1. The predicted octanol–water partition coefficient (Wildman–Crippen LogP) is 7.21. The molecule has 1 aromatic heterocycles. The standard InChI is InChI=1S/C40H41N5O4S/c1-39(48-2)26-45-37(49-27-39)35(25-41-45)50(47,43-38(46)42-36-33-22-12-14-28(33)24-29-15-13-23-34(29)36)44-40(30-16-6-3-7-17-30,31-18-8-4-9-19-31)32-20-10-5-11-21-32/h3-11,16-21,24-25H,12-15,22-23,26-27H2,1-2H3,(H2,42,43,44,46,47). The fourth-order valence-electron chi connectivity index (χ4n) is 7.80. The third kappa shape index (κ3) is 5.61. The zero-order chi connectivity index (χ0) is 34.3. The Morgan fingerprint density at radius 3 is 1.94 bits per heavy atom. The van der Waals surface area contributed by atoms with Gasteiger partial charge in [0.2, 0.25) is 5.88 Å². The number of carbonyl (C=O) groups is 1. The Kier molecular flexibility index (Phi) is 8.33. The number of nitrogens with one attached hydrogen (secondary N) is 2. The summed E-state index contributed by atoms with van der Waals surface area (Å²) in [4.78, 5) is 14.5. The van der Waals surface area contributed by atoms with Gasteiger partial charge in [-0.15, -0.1) is 4.36 Å². The van der Waals surface area contributed by atoms with Crippen LogP contribution < -0.4 is 14.8 Å². The summed E-state index contributed by atoms with van der Waals surface area (Å²) in [5, 5.41) is 7.76. The minimum atomic E-state index is -3.85. The molecule has 256 valence electrons. The van der Waals surface area contributed by atoms with Crippen molar-refractivity contribution >= 4 is 21.6 Å². The third-order valence-electron chi connectivity index (χ3n) is 10.4. The summed E-state index contributed by atoms with van der Waals surface area (Å²) in [6.45, 7) is 2.53. The molecule has 0 saturated carbocycles. The van der Waals surface area contributed by atoms with E-state index in [9.17, 15) is 4.79 Å². The maximum Gasteiger partial charge on any atom is 0.354 e. The van der Waals surface area contributed by atoms with Crippen LogP contribution in [0.25, 0.3) is 0 Å². The molecule has 0 radical (unpaired) electrons. The quantitative estimate of drug-likeness (QED) is 0.168. The number of amides is 2. The second-order valence-corrected chi connectivity index (χ2v) is 15.5. The van der Waals surface area contributed by atoms with E-state index >= 15 is 4.21 Å². The predicted molar refractivity (Wildman–Crippen MR) is 194 cm³/mol. The molecule has 0 spiro atoms. The number of methoxy groups -OCH3 is 1. The number of ether oxygens (including phenoxy) is 2. The van der Waals surface area contributed by atoms with Gasteiger partial charge in [-0.1, -0.05) is 97.1 Å². The van der Waals surface area contributed by atoms with Crippen LogP contribution in [0.5, 0.6) is 5.88 Å². The van der Waals surface area contributed by atoms with Gasteiger partial charge in [0.15, 0.2) is 9.92 Å². The molecule has 50 heavy (non-hydrogen) atoms. The number of nitrogens with zero attached hydrogens (tertiary/aromatic N) is 3. The van der Waals surface area contributed by atoms with Crippen molar-refractivity contribution in [2.75, 3.05) is 19.0 Å². The fourth-order valence-corrected chi connectivity index (χ4v) is 9.69. The van der Waals surface area contributed by atoms with Crippen molar-refractivity contribution in [3.05, 3.63) is 142 Å². The molecule has 2 atom stereocenters. The van der Waals surface area contributed by atoms with Gasteiger partial charge in [0.25, 0.3) is 0 Å². The molecule has 4 aromatic carbocycles. The van der Waals surface area contributed by atoms with Gasteiger partial charge >= 0.3 is 6.03 Å². The number of carbonyl (C=O) groups excluding carboxylic acids is 1. The second-order valence-electron chi connectivity index (χ2n) is 13.6. The first kappa shape index (κ1) is 32.4. The van der Waals surface area contributed by atoms with Crippen LogP contribution in [-0.2, 0) is 52.4 Å². The topological polar surface area (TPSA) is 107 Å². The van der Waals surface area contributed by atoms with E-state index in [-0.39, 0.29) is 17.4 Å². The molecule has 0 saturated heterocycles. The first-order chi connectivity index (χ1) is 24.3. The monoisotopic (exact) mass is 687 g/mol. The molecule has 2 N–H and O–H groups in total. The number of anilines is 1. The average Bonchev–Trinajstić information content (AvgIpc) is 3.92. The summed E-state index contributed by atoms with van der Waals surface area (Å²) in [5.74, 6) is 0.290. The highest BCUT2D eigenvalue weighted by Crippen LogP contribution is 2.42. The van der Waals surface area contributed by atoms with E-state index in [1.54, 1.807) is 11.8 Å². The van der Waals surface area contributed by atoms with Crippen LogP contribution in [0.15, 0.2) is 113 Å². The Morgan fingerprint density at radius 2 is 1.42 bits per heavy atom. The molecule has 8 rings (SSSR count). The maximum atomic E-state index is 16.1. The van der Waals surface area contributed by atoms with Gasteiger partial charge in [-0.3, -0.25) is 0 Å². The van der Waals surface area contributed by atoms with Gasteiger partial charge in [0, 0.05) is 12.8 Å². The summed E-state index contributed by atoms with van der Waals surface area (Å²) < 4.78 is 37.8. The van der Waals surface area contributed by atoms with Gasteiger partial charge in [-0.05, 0) is 84.4 Å². The molecule has 2 amide bonds. The molecule has 9 nitrogen and oxygen atoms in total. The number of hydrogen-bond acceptors (Lipinski definition) is 5. The molecule has 3 aliphatic rings. The number of urea groups is 1. The van der Waals surface area contributed by atoms with E-state index in [0.29, 0.717) is 6.54 Å². The molecule has 2 heterocycles. The fraction of sp³-hybridized carbons (Fsp3) is 0.300. The van der Waals surface area contributed by atoms with Crippen molar-refractivity contribution in [1.82, 2.24) is 14.5 Å². The lowest BCUT2D eigenvalue weighted by molar-refractivity contribution is -0.0654. The number of fused-ring (bicyclic) bond motifs is 3. The summed E-state index contributed by atoms with van der Waals surface area (Å²) in [6.07, 6.45) is 7.38. The molecule has 1 aliphatic heterocycles. The van der Waals surface area contributed by atoms with Gasteiger partial charge in [0.1, 0.15) is 22.6 Å². The number of aryl methyl sites for hydroxylation is 2. The lowest BCUT2D eigenvalue weighted by Gasteiger charge is -2.38. The molecule has 5 aromatic rings. The van der Waals surface area contributed by atoms with Gasteiger partial charge in [-0.25, -0.2) is 18.4 Å². The number of aromatic nitrogens is 2. The SMILES string of the molecule is COC1(C)COc2c(S(=O)(=NC(=O)Nc3c4c(cc5c3CCC5)CCC4)NC(c3ccccc3)(c3ccccc3)c3ccccc3)cnn2C1. The van der Waals surface area contributed by atoms with Crippen LogP contribution in [0, 0.1) is 0 Å². The zero-order valence-corrected chi connectivity index (χ0v) is 29.2. The number of benzene rings is 4. The average molecular weight is 688 g/mol. The third-order valence-corrected chi connectivity index (χ3v) is 12.3. The summed E-state index contributed by atoms with van der Waals surface area (Å²) in [5.41, 5.74) is 6.41. The van der Waals surface area contributed by atoms with E-state index in [4.69, 9.17) is 9.47 Å². The van der Waals surface area contributed by atoms with E-state index < -0.39 is 27.1 Å². The Labute approximate surface area is 293 Å². The lowest BCUT2D eigenvalue weighted by atomic mass is 9.78. The van der Waals surface area contributed by atoms with E-state index in [1.165, 1.54) is 28.5 Å². The van der Waals surface area contributed by atoms with Crippen molar-refractivity contribution in [3.8, 4) is 5.88 Å². The zero-order valence-electron chi connectivity index (χ0n) is 28.4. The Balaban J connectivity index is 1.34. The molecular weight excluding hydrogens is 647 g/mol. The van der Waals surface area contributed by atoms with Crippen LogP contribution in [-0.4, -0.2) is 39.3 Å². The highest BCUT2D eigenvalue weighted by Gasteiger charge is 2.43. The molecule has 0 bridgehead atoms. The molecule has 10 heteroatoms. The molecule has 0 fully saturated rings. The smallest absolute Gasteiger partial charge is 0.354 e. The van der Waals surface area contributed by atoms with Crippen LogP contribution in [0.3, 0.4) is 0 Å². The lowest BCUT2D eigenvalue weighted by Crippen LogP contribution is -2.48. The largest absolute Gasteiger partial charge is 0.474 e. The summed E-state index contributed by atoms with van der Waals surface area (Å²) in [7, 11) is -2.21. The minimum absolute atomic E-state index is 0.196. The van der Waals surface area contributed by atoms with Gasteiger partial charge in [-0.2, -0.15) is 5.10 Å². The minimum Gasteiger partial charge on any atom is -0.474 e. The van der Waals surface area contributed by atoms with Gasteiger partial charge in [0.05, 0.1) is 12.7 Å². The number of rotatable bonds is 8. The van der Waals surface area contributed by atoms with Crippen molar-refractivity contribution in [3.63, 3.8) is 0 Å². The molecular formula is C40H41N5O4S. The number of hydrogen-bond donors (Lipinski definition) is 2. The van der Waals surface area contributed by atoms with E-state index in [0.717, 1.165) is 60.9 Å². The van der Waals surface area contributed by atoms with Crippen LogP contribution >= 0.6 is 0 Å². The van der Waals surface area contributed by atoms with Crippen molar-refractivity contribution < 1.29 is 18.5 Å². The second kappa shape index (κ2) is 12.8. The van der Waals surface area contributed by atoms with E-state index in [1.807, 2.05) is 97.9 Å². The van der Waals surface area contributed by atoms with Crippen molar-refractivity contribution in [2.45, 2.75) is 68.0 Å². The van der Waals surface area contributed by atoms with Crippen molar-refractivity contribution in [2.24, 2.45) is 4.36 Å². The van der Waals surface area contributed by atoms with Crippen LogP contribution in [0.2, 0.25) is 0 Å². The summed E-state index contributed by atoms with van der Waals surface area (Å²) >= 11 is 0. The normalized spacial score (nSPS) is 19.1. The highest BCUT2D eigenvalue weighted by molar-refractivity contribution is 7.92. The Bertz CT molecular complexity index is 2050. The van der Waals surface area contributed by atoms with E-state index in [2.05, 4.69) is 25.6 Å². The first-order valence-electron chi connectivity index (χ1n) is 17.3. The van der Waals surface area contributed by atoms with Crippen molar-refractivity contribution in [1.29, 1.82) is 0 Å². The van der Waals surface area contributed by atoms with Crippen LogP contribution in [0.1, 0.15) is 58.7 Å². The highest BCUT2D eigenvalue weighted by atomic mass is 32.2. The molecule has 2 aliphatic carbocycles. The first-order valence-corrected chi connectivity index (χ1v) is 18.8. The van der Waals surface area contributed by atoms with Gasteiger partial charge < -0.3 is 14.8 Å².